The van der Waals surface area contributed by atoms with Crippen molar-refractivity contribution in [2.45, 2.75) is 78.5 Å². The van der Waals surface area contributed by atoms with Crippen molar-refractivity contribution >= 4 is 36.2 Å². The van der Waals surface area contributed by atoms with Crippen LogP contribution in [-0.4, -0.2) is 53.9 Å². The first-order valence-corrected chi connectivity index (χ1v) is 14.0. The molecule has 2 rings (SSSR count). The molecule has 214 valence electrons. The van der Waals surface area contributed by atoms with E-state index in [9.17, 15) is 14.4 Å². The summed E-state index contributed by atoms with van der Waals surface area (Å²) >= 11 is 4.36. The maximum Gasteiger partial charge on any atom is 0.408 e. The molecule has 0 fully saturated rings. The molecule has 39 heavy (non-hydrogen) atoms. The van der Waals surface area contributed by atoms with Crippen molar-refractivity contribution in [1.82, 2.24) is 10.2 Å². The van der Waals surface area contributed by atoms with Crippen molar-refractivity contribution in [2.75, 3.05) is 24.7 Å². The Kier molecular flexibility index (Phi) is 12.2. The molecule has 2 N–H and O–H groups in total. The molecule has 0 aliphatic heterocycles. The SMILES string of the molecule is CCCCCN(C(=O)C(CS)NC(=O)OC(C)(C)C)C(C(=O)Nc1ccc(OC)cc1)c1c(C)cccc1C. The Morgan fingerprint density at radius 2 is 1.62 bits per heavy atom. The van der Waals surface area contributed by atoms with Crippen LogP contribution in [-0.2, 0) is 14.3 Å². The Morgan fingerprint density at radius 3 is 2.13 bits per heavy atom. The average molecular weight is 558 g/mol. The van der Waals surface area contributed by atoms with Gasteiger partial charge in [0.25, 0.3) is 5.91 Å². The number of carbonyl (C=O) groups is 3. The molecule has 0 radical (unpaired) electrons. The minimum absolute atomic E-state index is 0.0436. The number of ether oxygens (including phenoxy) is 2. The fourth-order valence-corrected chi connectivity index (χ4v) is 4.55. The van der Waals surface area contributed by atoms with Gasteiger partial charge in [-0.1, -0.05) is 38.0 Å². The Balaban J connectivity index is 2.53. The van der Waals surface area contributed by atoms with Gasteiger partial charge in [-0.05, 0) is 82.0 Å². The third kappa shape index (κ3) is 9.49. The number of aryl methyl sites for hydroxylation is 2. The quantitative estimate of drug-likeness (QED) is 0.225. The summed E-state index contributed by atoms with van der Waals surface area (Å²) in [5.74, 6) is -0.0373. The van der Waals surface area contributed by atoms with Crippen LogP contribution >= 0.6 is 12.6 Å². The number of methoxy groups -OCH3 is 1. The van der Waals surface area contributed by atoms with Crippen LogP contribution in [0.2, 0.25) is 0 Å². The number of rotatable bonds is 12. The third-order valence-corrected chi connectivity index (χ3v) is 6.56. The van der Waals surface area contributed by atoms with E-state index in [0.29, 0.717) is 24.4 Å². The number of amides is 3. The lowest BCUT2D eigenvalue weighted by Crippen LogP contribution is -2.53. The predicted molar refractivity (Wildman–Crippen MR) is 159 cm³/mol. The molecule has 2 aromatic rings. The topological polar surface area (TPSA) is 97.0 Å². The second-order valence-corrected chi connectivity index (χ2v) is 10.9. The first-order valence-electron chi connectivity index (χ1n) is 13.3. The van der Waals surface area contributed by atoms with Crippen LogP contribution in [0.15, 0.2) is 42.5 Å². The van der Waals surface area contributed by atoms with E-state index in [2.05, 4.69) is 30.2 Å². The smallest absolute Gasteiger partial charge is 0.408 e. The molecule has 0 saturated carbocycles. The Bertz CT molecular complexity index is 1090. The molecule has 0 saturated heterocycles. The lowest BCUT2D eigenvalue weighted by atomic mass is 9.93. The van der Waals surface area contributed by atoms with Crippen LogP contribution in [0.25, 0.3) is 0 Å². The zero-order valence-electron chi connectivity index (χ0n) is 24.2. The standard InChI is InChI=1S/C30H43N3O5S/c1-8-9-10-18-33(28(35)24(19-39)32-29(36)38-30(4,5)6)26(25-20(2)12-11-13-21(25)3)27(34)31-22-14-16-23(37-7)17-15-22/h11-17,24,26,39H,8-10,18-19H2,1-7H3,(H,31,34)(H,32,36). The molecule has 0 bridgehead atoms. The van der Waals surface area contributed by atoms with Crippen LogP contribution < -0.4 is 15.4 Å². The zero-order valence-corrected chi connectivity index (χ0v) is 25.1. The molecule has 9 heteroatoms. The number of nitrogens with one attached hydrogen (secondary N) is 2. The second kappa shape index (κ2) is 14.8. The Morgan fingerprint density at radius 1 is 1.00 bits per heavy atom. The molecule has 2 atom stereocenters. The van der Waals surface area contributed by atoms with Gasteiger partial charge in [0, 0.05) is 18.0 Å². The molecule has 2 unspecified atom stereocenters. The molecule has 0 aromatic heterocycles. The van der Waals surface area contributed by atoms with Gasteiger partial charge in [0.05, 0.1) is 7.11 Å². The summed E-state index contributed by atoms with van der Waals surface area (Å²) in [6.07, 6.45) is 1.81. The summed E-state index contributed by atoms with van der Waals surface area (Å²) < 4.78 is 10.6. The van der Waals surface area contributed by atoms with E-state index in [1.54, 1.807) is 57.0 Å². The summed E-state index contributed by atoms with van der Waals surface area (Å²) in [5, 5.41) is 5.64. The lowest BCUT2D eigenvalue weighted by Gasteiger charge is -2.35. The van der Waals surface area contributed by atoms with Gasteiger partial charge in [0.2, 0.25) is 5.91 Å². The highest BCUT2D eigenvalue weighted by molar-refractivity contribution is 7.80. The van der Waals surface area contributed by atoms with Crippen LogP contribution in [0.1, 0.15) is 69.7 Å². The van der Waals surface area contributed by atoms with Crippen LogP contribution in [0, 0.1) is 13.8 Å². The number of thiol groups is 1. The Hall–Kier alpha value is -3.20. The minimum Gasteiger partial charge on any atom is -0.497 e. The molecular weight excluding hydrogens is 514 g/mol. The number of hydrogen-bond donors (Lipinski definition) is 3. The monoisotopic (exact) mass is 557 g/mol. The number of anilines is 1. The number of hydrogen-bond acceptors (Lipinski definition) is 6. The van der Waals surface area contributed by atoms with Gasteiger partial charge in [0.1, 0.15) is 23.4 Å². The number of alkyl carbamates (subject to hydrolysis) is 1. The van der Waals surface area contributed by atoms with Gasteiger partial charge in [-0.2, -0.15) is 12.6 Å². The number of unbranched alkanes of at least 4 members (excludes halogenated alkanes) is 2. The Labute approximate surface area is 238 Å². The highest BCUT2D eigenvalue weighted by atomic mass is 32.1. The highest BCUT2D eigenvalue weighted by Gasteiger charge is 2.37. The largest absolute Gasteiger partial charge is 0.497 e. The molecular formula is C30H43N3O5S. The van der Waals surface area contributed by atoms with Crippen LogP contribution in [0.4, 0.5) is 10.5 Å². The number of nitrogens with zero attached hydrogens (tertiary/aromatic N) is 1. The maximum atomic E-state index is 14.1. The van der Waals surface area contributed by atoms with Gasteiger partial charge in [0.15, 0.2) is 0 Å². The van der Waals surface area contributed by atoms with Gasteiger partial charge in [-0.3, -0.25) is 9.59 Å². The molecule has 0 spiro atoms. The van der Waals surface area contributed by atoms with Crippen molar-refractivity contribution < 1.29 is 23.9 Å². The van der Waals surface area contributed by atoms with E-state index in [4.69, 9.17) is 9.47 Å². The van der Waals surface area contributed by atoms with E-state index in [-0.39, 0.29) is 11.7 Å². The van der Waals surface area contributed by atoms with Crippen molar-refractivity contribution in [2.24, 2.45) is 0 Å². The van der Waals surface area contributed by atoms with Gasteiger partial charge >= 0.3 is 6.09 Å². The summed E-state index contributed by atoms with van der Waals surface area (Å²) in [7, 11) is 1.58. The zero-order chi connectivity index (χ0) is 29.2. The van der Waals surface area contributed by atoms with E-state index < -0.39 is 29.7 Å². The van der Waals surface area contributed by atoms with E-state index in [1.807, 2.05) is 32.0 Å². The first-order chi connectivity index (χ1) is 18.4. The van der Waals surface area contributed by atoms with Crippen molar-refractivity contribution in [3.05, 3.63) is 59.2 Å². The molecule has 2 aromatic carbocycles. The second-order valence-electron chi connectivity index (χ2n) is 10.5. The van der Waals surface area contributed by atoms with E-state index in [1.165, 1.54) is 0 Å². The van der Waals surface area contributed by atoms with Gasteiger partial charge in [-0.15, -0.1) is 0 Å². The van der Waals surface area contributed by atoms with Crippen LogP contribution in [0.3, 0.4) is 0 Å². The molecule has 8 nitrogen and oxygen atoms in total. The fraction of sp³-hybridized carbons (Fsp3) is 0.500. The molecule has 0 aliphatic carbocycles. The third-order valence-electron chi connectivity index (χ3n) is 6.19. The normalized spacial score (nSPS) is 12.7. The summed E-state index contributed by atoms with van der Waals surface area (Å²) in [5.41, 5.74) is 2.38. The maximum absolute atomic E-state index is 14.1. The fourth-order valence-electron chi connectivity index (χ4n) is 4.31. The number of carbonyl (C=O) groups excluding carboxylic acids is 3. The van der Waals surface area contributed by atoms with Crippen molar-refractivity contribution in [1.29, 1.82) is 0 Å². The van der Waals surface area contributed by atoms with Crippen molar-refractivity contribution in [3.8, 4) is 5.75 Å². The summed E-state index contributed by atoms with van der Waals surface area (Å²) in [4.78, 5) is 42.2. The summed E-state index contributed by atoms with van der Waals surface area (Å²) in [6, 6.07) is 10.9. The predicted octanol–water partition coefficient (Wildman–Crippen LogP) is 5.83. The van der Waals surface area contributed by atoms with E-state index in [0.717, 1.165) is 29.5 Å². The van der Waals surface area contributed by atoms with Crippen LogP contribution in [0.5, 0.6) is 5.75 Å². The molecule has 0 aliphatic rings. The lowest BCUT2D eigenvalue weighted by molar-refractivity contribution is -0.140. The minimum atomic E-state index is -0.981. The molecule has 0 heterocycles. The average Bonchev–Trinajstić information content (AvgIpc) is 2.87. The summed E-state index contributed by atoms with van der Waals surface area (Å²) in [6.45, 7) is 11.5. The highest BCUT2D eigenvalue weighted by Crippen LogP contribution is 2.30. The number of benzene rings is 2. The van der Waals surface area contributed by atoms with Gasteiger partial charge in [-0.25, -0.2) is 4.79 Å². The van der Waals surface area contributed by atoms with E-state index >= 15 is 0 Å². The molecule has 3 amide bonds. The van der Waals surface area contributed by atoms with Crippen molar-refractivity contribution in [3.63, 3.8) is 0 Å². The first kappa shape index (κ1) is 32.0. The van der Waals surface area contributed by atoms with Gasteiger partial charge < -0.3 is 25.0 Å².